The fourth-order valence-corrected chi connectivity index (χ4v) is 2.31. The Morgan fingerprint density at radius 1 is 1.33 bits per heavy atom. The summed E-state index contributed by atoms with van der Waals surface area (Å²) in [6.45, 7) is 8.07. The van der Waals surface area contributed by atoms with Gasteiger partial charge in [0, 0.05) is 19.6 Å². The van der Waals surface area contributed by atoms with Gasteiger partial charge in [0.25, 0.3) is 0 Å². The number of nitrogens with zero attached hydrogens (tertiary/aromatic N) is 2. The summed E-state index contributed by atoms with van der Waals surface area (Å²) < 4.78 is 0. The number of carbonyl (C=O) groups excluding carboxylic acids is 1. The molecule has 1 N–H and O–H groups in total. The van der Waals surface area contributed by atoms with Crippen LogP contribution in [0, 0.1) is 11.8 Å². The lowest BCUT2D eigenvalue weighted by Gasteiger charge is -2.37. The highest BCUT2D eigenvalue weighted by Crippen LogP contribution is 2.23. The van der Waals surface area contributed by atoms with E-state index in [0.717, 1.165) is 25.9 Å². The third kappa shape index (κ3) is 3.89. The van der Waals surface area contributed by atoms with E-state index < -0.39 is 5.97 Å². The van der Waals surface area contributed by atoms with Crippen molar-refractivity contribution in [2.75, 3.05) is 26.2 Å². The van der Waals surface area contributed by atoms with E-state index in [1.165, 1.54) is 4.90 Å². The number of urea groups is 1. The zero-order valence-electron chi connectivity index (χ0n) is 11.6. The zero-order valence-corrected chi connectivity index (χ0v) is 11.6. The summed E-state index contributed by atoms with van der Waals surface area (Å²) in [6.07, 6.45) is 1.78. The number of likely N-dealkylation sites (tertiary alicyclic amines) is 1. The van der Waals surface area contributed by atoms with Crippen molar-refractivity contribution in [1.82, 2.24) is 9.80 Å². The number of carboxylic acids is 1. The fourth-order valence-electron chi connectivity index (χ4n) is 2.31. The van der Waals surface area contributed by atoms with E-state index in [4.69, 9.17) is 5.11 Å². The predicted molar refractivity (Wildman–Crippen MR) is 69.4 cm³/mol. The molecule has 104 valence electrons. The van der Waals surface area contributed by atoms with Gasteiger partial charge in [0.05, 0.1) is 0 Å². The highest BCUT2D eigenvalue weighted by atomic mass is 16.4. The molecular weight excluding hydrogens is 232 g/mol. The Hall–Kier alpha value is -1.26. The number of piperidine rings is 1. The van der Waals surface area contributed by atoms with Crippen LogP contribution in [0.25, 0.3) is 0 Å². The Labute approximate surface area is 109 Å². The highest BCUT2D eigenvalue weighted by Gasteiger charge is 2.29. The van der Waals surface area contributed by atoms with Crippen LogP contribution in [0.15, 0.2) is 0 Å². The number of hydrogen-bond donors (Lipinski definition) is 1. The minimum absolute atomic E-state index is 0.127. The Balaban J connectivity index is 2.62. The summed E-state index contributed by atoms with van der Waals surface area (Å²) in [6, 6.07) is -0.127. The predicted octanol–water partition coefficient (Wildman–Crippen LogP) is 1.88. The van der Waals surface area contributed by atoms with Crippen LogP contribution in [-0.4, -0.2) is 53.1 Å². The van der Waals surface area contributed by atoms with E-state index in [2.05, 4.69) is 13.8 Å². The van der Waals surface area contributed by atoms with Crippen molar-refractivity contribution in [2.24, 2.45) is 11.8 Å². The van der Waals surface area contributed by atoms with Gasteiger partial charge in [0.2, 0.25) is 0 Å². The average molecular weight is 256 g/mol. The van der Waals surface area contributed by atoms with Gasteiger partial charge in [0.15, 0.2) is 0 Å². The van der Waals surface area contributed by atoms with E-state index in [9.17, 15) is 9.59 Å². The largest absolute Gasteiger partial charge is 0.480 e. The van der Waals surface area contributed by atoms with E-state index in [1.807, 2.05) is 6.92 Å². The molecule has 1 rings (SSSR count). The summed E-state index contributed by atoms with van der Waals surface area (Å²) in [7, 11) is 0. The molecule has 1 aliphatic heterocycles. The maximum atomic E-state index is 12.3. The van der Waals surface area contributed by atoms with Gasteiger partial charge < -0.3 is 14.9 Å². The second kappa shape index (κ2) is 6.61. The molecule has 0 aliphatic carbocycles. The molecule has 0 aromatic carbocycles. The van der Waals surface area contributed by atoms with Crippen LogP contribution in [0.2, 0.25) is 0 Å². The van der Waals surface area contributed by atoms with Crippen molar-refractivity contribution in [3.05, 3.63) is 0 Å². The van der Waals surface area contributed by atoms with Crippen LogP contribution >= 0.6 is 0 Å². The van der Waals surface area contributed by atoms with Gasteiger partial charge in [-0.15, -0.1) is 0 Å². The Morgan fingerprint density at radius 3 is 2.50 bits per heavy atom. The van der Waals surface area contributed by atoms with E-state index in [-0.39, 0.29) is 12.6 Å². The normalized spacial score (nSPS) is 23.8. The molecule has 18 heavy (non-hydrogen) atoms. The second-order valence-electron chi connectivity index (χ2n) is 5.29. The maximum Gasteiger partial charge on any atom is 0.323 e. The summed E-state index contributed by atoms with van der Waals surface area (Å²) in [4.78, 5) is 26.3. The Bertz CT molecular complexity index is 307. The molecule has 1 fully saturated rings. The lowest BCUT2D eigenvalue weighted by Crippen LogP contribution is -2.50. The van der Waals surface area contributed by atoms with Crippen LogP contribution in [0.4, 0.5) is 4.79 Å². The molecule has 0 spiro atoms. The first-order valence-electron chi connectivity index (χ1n) is 6.71. The summed E-state index contributed by atoms with van der Waals surface area (Å²) in [5.74, 6) is 0.166. The lowest BCUT2D eigenvalue weighted by atomic mass is 9.89. The third-order valence-corrected chi connectivity index (χ3v) is 3.69. The van der Waals surface area contributed by atoms with Gasteiger partial charge in [-0.2, -0.15) is 0 Å². The van der Waals surface area contributed by atoms with E-state index >= 15 is 0 Å². The molecule has 5 nitrogen and oxygen atoms in total. The molecule has 0 bridgehead atoms. The average Bonchev–Trinajstić information content (AvgIpc) is 2.31. The van der Waals surface area contributed by atoms with Gasteiger partial charge in [-0.3, -0.25) is 4.79 Å². The van der Waals surface area contributed by atoms with Crippen LogP contribution in [0.3, 0.4) is 0 Å². The quantitative estimate of drug-likeness (QED) is 0.835. The molecular formula is C13H24N2O3. The molecule has 2 atom stereocenters. The first-order valence-corrected chi connectivity index (χ1v) is 6.71. The van der Waals surface area contributed by atoms with Gasteiger partial charge in [-0.25, -0.2) is 4.79 Å². The van der Waals surface area contributed by atoms with Crippen LogP contribution in [0.5, 0.6) is 0 Å². The van der Waals surface area contributed by atoms with Crippen molar-refractivity contribution in [2.45, 2.75) is 33.6 Å². The van der Waals surface area contributed by atoms with Gasteiger partial charge >= 0.3 is 12.0 Å². The maximum absolute atomic E-state index is 12.3. The molecule has 2 unspecified atom stereocenters. The SMILES string of the molecule is CCCN(CC(=O)O)C(=O)N1CCC(C)C(C)C1. The molecule has 0 aromatic rings. The number of carboxylic acid groups (broad SMARTS) is 1. The standard InChI is InChI=1S/C13H24N2O3/c1-4-6-14(9-12(16)17)13(18)15-7-5-10(2)11(3)8-15/h10-11H,4-9H2,1-3H3,(H,16,17). The zero-order chi connectivity index (χ0) is 13.7. The number of aliphatic carboxylic acids is 1. The molecule has 0 saturated carbocycles. The van der Waals surface area contributed by atoms with Crippen LogP contribution in [-0.2, 0) is 4.79 Å². The molecule has 0 aromatic heterocycles. The number of carbonyl (C=O) groups is 2. The van der Waals surface area contributed by atoms with E-state index in [0.29, 0.717) is 18.4 Å². The number of amides is 2. The van der Waals surface area contributed by atoms with Crippen LogP contribution in [0.1, 0.15) is 33.6 Å². The molecule has 1 saturated heterocycles. The highest BCUT2D eigenvalue weighted by molar-refractivity contribution is 5.80. The summed E-state index contributed by atoms with van der Waals surface area (Å²) in [5.41, 5.74) is 0. The molecule has 0 radical (unpaired) electrons. The number of hydrogen-bond acceptors (Lipinski definition) is 2. The number of rotatable bonds is 4. The minimum atomic E-state index is -0.949. The Morgan fingerprint density at radius 2 is 2.00 bits per heavy atom. The van der Waals surface area contributed by atoms with Crippen molar-refractivity contribution in [3.63, 3.8) is 0 Å². The van der Waals surface area contributed by atoms with Gasteiger partial charge in [-0.1, -0.05) is 20.8 Å². The molecule has 5 heteroatoms. The minimum Gasteiger partial charge on any atom is -0.480 e. The fraction of sp³-hybridized carbons (Fsp3) is 0.846. The second-order valence-corrected chi connectivity index (χ2v) is 5.29. The van der Waals surface area contributed by atoms with Gasteiger partial charge in [-0.05, 0) is 24.7 Å². The van der Waals surface area contributed by atoms with Crippen molar-refractivity contribution in [3.8, 4) is 0 Å². The molecule has 1 heterocycles. The first-order chi connectivity index (χ1) is 8.45. The summed E-state index contributed by atoms with van der Waals surface area (Å²) in [5, 5.41) is 8.84. The smallest absolute Gasteiger partial charge is 0.323 e. The molecule has 1 aliphatic rings. The molecule has 2 amide bonds. The van der Waals surface area contributed by atoms with Crippen LogP contribution < -0.4 is 0 Å². The third-order valence-electron chi connectivity index (χ3n) is 3.69. The van der Waals surface area contributed by atoms with Crippen molar-refractivity contribution in [1.29, 1.82) is 0 Å². The van der Waals surface area contributed by atoms with E-state index in [1.54, 1.807) is 4.90 Å². The summed E-state index contributed by atoms with van der Waals surface area (Å²) >= 11 is 0. The first kappa shape index (κ1) is 14.8. The van der Waals surface area contributed by atoms with Gasteiger partial charge in [0.1, 0.15) is 6.54 Å². The van der Waals surface area contributed by atoms with Crippen molar-refractivity contribution >= 4 is 12.0 Å². The van der Waals surface area contributed by atoms with Crippen molar-refractivity contribution < 1.29 is 14.7 Å². The lowest BCUT2D eigenvalue weighted by molar-refractivity contribution is -0.137. The monoisotopic (exact) mass is 256 g/mol. The Kier molecular flexibility index (Phi) is 5.44. The topological polar surface area (TPSA) is 60.9 Å².